The molecule has 1 saturated heterocycles. The van der Waals surface area contributed by atoms with E-state index in [9.17, 15) is 0 Å². The van der Waals surface area contributed by atoms with Gasteiger partial charge in [0.1, 0.15) is 5.82 Å². The van der Waals surface area contributed by atoms with Crippen molar-refractivity contribution in [2.24, 2.45) is 5.92 Å². The van der Waals surface area contributed by atoms with E-state index in [1.54, 1.807) is 7.11 Å². The number of anilines is 1. The van der Waals surface area contributed by atoms with E-state index in [2.05, 4.69) is 27.4 Å². The fraction of sp³-hybridized carbons (Fsp3) is 0.529. The summed E-state index contributed by atoms with van der Waals surface area (Å²) in [4.78, 5) is 4.49. The highest BCUT2D eigenvalue weighted by Crippen LogP contribution is 2.26. The molecule has 0 saturated carbocycles. The van der Waals surface area contributed by atoms with Gasteiger partial charge in [0.25, 0.3) is 0 Å². The molecule has 7 nitrogen and oxygen atoms in total. The van der Waals surface area contributed by atoms with Gasteiger partial charge in [-0.05, 0) is 18.6 Å². The molecule has 1 aliphatic rings. The molecule has 2 aromatic rings. The molecular formula is C17H24N4O3. The van der Waals surface area contributed by atoms with Crippen LogP contribution in [0.15, 0.2) is 24.3 Å². The van der Waals surface area contributed by atoms with Crippen LogP contribution in [0.1, 0.15) is 25.1 Å². The van der Waals surface area contributed by atoms with Crippen LogP contribution in [0.4, 0.5) is 5.95 Å². The van der Waals surface area contributed by atoms with Crippen LogP contribution in [0.5, 0.6) is 11.5 Å². The summed E-state index contributed by atoms with van der Waals surface area (Å²) in [5.74, 6) is 3.66. The summed E-state index contributed by atoms with van der Waals surface area (Å²) in [5, 5.41) is 10.5. The van der Waals surface area contributed by atoms with Crippen molar-refractivity contribution in [2.75, 3.05) is 38.8 Å². The topological polar surface area (TPSA) is 81.3 Å². The number of nitrogens with one attached hydrogen (secondary N) is 2. The number of para-hydroxylation sites is 2. The maximum Gasteiger partial charge on any atom is 0.242 e. The second kappa shape index (κ2) is 8.01. The molecule has 7 heteroatoms. The van der Waals surface area contributed by atoms with Crippen molar-refractivity contribution in [1.82, 2.24) is 15.2 Å². The fourth-order valence-electron chi connectivity index (χ4n) is 2.58. The molecule has 1 aliphatic heterocycles. The number of ether oxygens (including phenoxy) is 3. The zero-order chi connectivity index (χ0) is 16.8. The maximum absolute atomic E-state index is 5.83. The smallest absolute Gasteiger partial charge is 0.242 e. The Morgan fingerprint density at radius 1 is 1.38 bits per heavy atom. The normalized spacial score (nSPS) is 18.3. The quantitative estimate of drug-likeness (QED) is 0.773. The predicted octanol–water partition coefficient (Wildman–Crippen LogP) is 2.44. The van der Waals surface area contributed by atoms with Crippen LogP contribution in [-0.2, 0) is 4.74 Å². The molecular weight excluding hydrogens is 308 g/mol. The largest absolute Gasteiger partial charge is 0.493 e. The van der Waals surface area contributed by atoms with E-state index >= 15 is 0 Å². The summed E-state index contributed by atoms with van der Waals surface area (Å²) in [7, 11) is 1.64. The number of aromatic amines is 1. The first-order chi connectivity index (χ1) is 11.8. The number of nitrogens with zero attached hydrogens (tertiary/aromatic N) is 2. The van der Waals surface area contributed by atoms with E-state index in [0.717, 1.165) is 43.5 Å². The van der Waals surface area contributed by atoms with Crippen molar-refractivity contribution in [3.8, 4) is 11.5 Å². The van der Waals surface area contributed by atoms with Crippen LogP contribution < -0.4 is 14.8 Å². The van der Waals surface area contributed by atoms with E-state index < -0.39 is 0 Å². The van der Waals surface area contributed by atoms with Gasteiger partial charge in [0.05, 0.1) is 20.3 Å². The third-order valence-corrected chi connectivity index (χ3v) is 4.02. The summed E-state index contributed by atoms with van der Waals surface area (Å²) >= 11 is 0. The number of H-pyrrole nitrogens is 1. The summed E-state index contributed by atoms with van der Waals surface area (Å²) < 4.78 is 16.5. The van der Waals surface area contributed by atoms with Gasteiger partial charge in [-0.25, -0.2) is 0 Å². The highest BCUT2D eigenvalue weighted by molar-refractivity contribution is 5.39. The highest BCUT2D eigenvalue weighted by atomic mass is 16.5. The first-order valence-corrected chi connectivity index (χ1v) is 8.26. The summed E-state index contributed by atoms with van der Waals surface area (Å²) in [6, 6.07) is 7.65. The molecule has 0 aliphatic carbocycles. The van der Waals surface area contributed by atoms with Crippen LogP contribution in [0.2, 0.25) is 0 Å². The van der Waals surface area contributed by atoms with E-state index in [1.165, 1.54) is 0 Å². The predicted molar refractivity (Wildman–Crippen MR) is 90.7 cm³/mol. The van der Waals surface area contributed by atoms with Crippen LogP contribution in [0.25, 0.3) is 0 Å². The first-order valence-electron chi connectivity index (χ1n) is 8.26. The molecule has 130 valence electrons. The molecule has 2 heterocycles. The third kappa shape index (κ3) is 4.17. The lowest BCUT2D eigenvalue weighted by Crippen LogP contribution is -2.19. The lowest BCUT2D eigenvalue weighted by atomic mass is 10.1. The molecule has 3 rings (SSSR count). The van der Waals surface area contributed by atoms with Gasteiger partial charge >= 0.3 is 0 Å². The number of hydrogen-bond acceptors (Lipinski definition) is 6. The average Bonchev–Trinajstić information content (AvgIpc) is 3.29. The monoisotopic (exact) mass is 332 g/mol. The van der Waals surface area contributed by atoms with Crippen molar-refractivity contribution in [1.29, 1.82) is 0 Å². The molecule has 2 atom stereocenters. The molecule has 2 N–H and O–H groups in total. The minimum absolute atomic E-state index is 0.298. The van der Waals surface area contributed by atoms with Crippen molar-refractivity contribution in [2.45, 2.75) is 19.3 Å². The SMILES string of the molecule is COc1ccccc1OCC(C)CNc1n[nH]c(C2CCOC2)n1. The van der Waals surface area contributed by atoms with E-state index in [-0.39, 0.29) is 0 Å². The Hall–Kier alpha value is -2.28. The standard InChI is InChI=1S/C17H24N4O3/c1-12(10-24-15-6-4-3-5-14(15)22-2)9-18-17-19-16(20-21-17)13-7-8-23-11-13/h3-6,12-13H,7-11H2,1-2H3,(H2,18,19,20,21). The Kier molecular flexibility index (Phi) is 5.53. The lowest BCUT2D eigenvalue weighted by Gasteiger charge is -2.15. The van der Waals surface area contributed by atoms with Gasteiger partial charge in [0.2, 0.25) is 5.95 Å². The molecule has 0 amide bonds. The highest BCUT2D eigenvalue weighted by Gasteiger charge is 2.21. The van der Waals surface area contributed by atoms with E-state index in [4.69, 9.17) is 14.2 Å². The molecule has 24 heavy (non-hydrogen) atoms. The summed E-state index contributed by atoms with van der Waals surface area (Å²) in [6.07, 6.45) is 0.998. The van der Waals surface area contributed by atoms with Gasteiger partial charge < -0.3 is 19.5 Å². The van der Waals surface area contributed by atoms with Crippen molar-refractivity contribution in [3.05, 3.63) is 30.1 Å². The van der Waals surface area contributed by atoms with Gasteiger partial charge in [-0.3, -0.25) is 5.10 Å². The van der Waals surface area contributed by atoms with Crippen molar-refractivity contribution in [3.63, 3.8) is 0 Å². The second-order valence-corrected chi connectivity index (χ2v) is 6.05. The maximum atomic E-state index is 5.83. The number of rotatable bonds is 8. The Morgan fingerprint density at radius 2 is 2.21 bits per heavy atom. The minimum Gasteiger partial charge on any atom is -0.493 e. The Bertz CT molecular complexity index is 640. The first kappa shape index (κ1) is 16.6. The van der Waals surface area contributed by atoms with Gasteiger partial charge in [0, 0.05) is 25.0 Å². The molecule has 2 unspecified atom stereocenters. The lowest BCUT2D eigenvalue weighted by molar-refractivity contribution is 0.193. The van der Waals surface area contributed by atoms with E-state index in [0.29, 0.717) is 24.4 Å². The molecule has 1 aromatic carbocycles. The van der Waals surface area contributed by atoms with Crippen molar-refractivity contribution >= 4 is 5.95 Å². The molecule has 0 bridgehead atoms. The fourth-order valence-corrected chi connectivity index (χ4v) is 2.58. The third-order valence-electron chi connectivity index (χ3n) is 4.02. The van der Waals surface area contributed by atoms with Crippen molar-refractivity contribution < 1.29 is 14.2 Å². The molecule has 0 spiro atoms. The number of hydrogen-bond donors (Lipinski definition) is 2. The number of benzene rings is 1. The van der Waals surface area contributed by atoms with Gasteiger partial charge in [0.15, 0.2) is 11.5 Å². The average molecular weight is 332 g/mol. The molecule has 0 radical (unpaired) electrons. The number of aromatic nitrogens is 3. The molecule has 1 aromatic heterocycles. The number of methoxy groups -OCH3 is 1. The zero-order valence-electron chi connectivity index (χ0n) is 14.1. The summed E-state index contributed by atoms with van der Waals surface area (Å²) in [6.45, 7) is 4.94. The van der Waals surface area contributed by atoms with Gasteiger partial charge in [-0.15, -0.1) is 5.10 Å². The van der Waals surface area contributed by atoms with E-state index in [1.807, 2.05) is 24.3 Å². The van der Waals surface area contributed by atoms with Gasteiger partial charge in [-0.2, -0.15) is 4.98 Å². The van der Waals surface area contributed by atoms with Crippen LogP contribution >= 0.6 is 0 Å². The molecule has 1 fully saturated rings. The Morgan fingerprint density at radius 3 is 2.96 bits per heavy atom. The van der Waals surface area contributed by atoms with Crippen LogP contribution in [0, 0.1) is 5.92 Å². The second-order valence-electron chi connectivity index (χ2n) is 6.05. The van der Waals surface area contributed by atoms with Crippen LogP contribution in [-0.4, -0.2) is 48.7 Å². The Balaban J connectivity index is 1.44. The van der Waals surface area contributed by atoms with Crippen LogP contribution in [0.3, 0.4) is 0 Å². The minimum atomic E-state index is 0.298. The zero-order valence-corrected chi connectivity index (χ0v) is 14.1. The Labute approximate surface area is 141 Å². The van der Waals surface area contributed by atoms with Gasteiger partial charge in [-0.1, -0.05) is 19.1 Å². The summed E-state index contributed by atoms with van der Waals surface area (Å²) in [5.41, 5.74) is 0.